The zero-order valence-electron chi connectivity index (χ0n) is 11.9. The molecular weight excluding hydrogens is 224 g/mol. The van der Waals surface area contributed by atoms with Crippen molar-refractivity contribution >= 4 is 0 Å². The summed E-state index contributed by atoms with van der Waals surface area (Å²) in [6, 6.07) is 1.38. The minimum absolute atomic E-state index is 0.691. The highest BCUT2D eigenvalue weighted by Gasteiger charge is 2.19. The molecule has 18 heavy (non-hydrogen) atoms. The lowest BCUT2D eigenvalue weighted by atomic mass is 10.0. The lowest BCUT2D eigenvalue weighted by Crippen LogP contribution is -2.45. The van der Waals surface area contributed by atoms with Crippen molar-refractivity contribution in [2.24, 2.45) is 0 Å². The lowest BCUT2D eigenvalue weighted by molar-refractivity contribution is 0.161. The van der Waals surface area contributed by atoms with Crippen molar-refractivity contribution in [3.8, 4) is 0 Å². The van der Waals surface area contributed by atoms with Crippen LogP contribution in [0.15, 0.2) is 12.4 Å². The van der Waals surface area contributed by atoms with Gasteiger partial charge in [-0.15, -0.1) is 0 Å². The molecule has 0 radical (unpaired) electrons. The Kier molecular flexibility index (Phi) is 4.78. The maximum absolute atomic E-state index is 4.30. The van der Waals surface area contributed by atoms with E-state index in [2.05, 4.69) is 42.3 Å². The normalized spacial score (nSPS) is 18.7. The summed E-state index contributed by atoms with van der Waals surface area (Å²) in [5.74, 6) is 0. The van der Waals surface area contributed by atoms with Crippen molar-refractivity contribution in [2.45, 2.75) is 52.2 Å². The number of likely N-dealkylation sites (tertiary alicyclic amines) is 1. The van der Waals surface area contributed by atoms with Gasteiger partial charge in [0.05, 0.1) is 12.7 Å². The van der Waals surface area contributed by atoms with Crippen LogP contribution in [0.3, 0.4) is 0 Å². The topological polar surface area (TPSA) is 33.1 Å². The van der Waals surface area contributed by atoms with E-state index < -0.39 is 0 Å². The van der Waals surface area contributed by atoms with E-state index in [1.165, 1.54) is 31.5 Å². The third-order valence-electron chi connectivity index (χ3n) is 3.80. The molecule has 0 amide bonds. The van der Waals surface area contributed by atoms with E-state index in [4.69, 9.17) is 0 Å². The van der Waals surface area contributed by atoms with Crippen LogP contribution in [0.2, 0.25) is 0 Å². The van der Waals surface area contributed by atoms with Crippen LogP contribution in [-0.2, 0) is 6.54 Å². The van der Waals surface area contributed by atoms with Crippen LogP contribution >= 0.6 is 0 Å². The number of nitrogens with one attached hydrogen (secondary N) is 1. The molecule has 1 N–H and O–H groups in total. The van der Waals surface area contributed by atoms with Gasteiger partial charge in [-0.2, -0.15) is 5.10 Å². The maximum atomic E-state index is 4.30. The van der Waals surface area contributed by atoms with Gasteiger partial charge in [0.2, 0.25) is 0 Å². The first-order valence-corrected chi connectivity index (χ1v) is 7.11. The molecule has 0 bridgehead atoms. The Morgan fingerprint density at radius 2 is 2.11 bits per heavy atom. The minimum atomic E-state index is 0.691. The molecule has 4 heteroatoms. The molecule has 0 spiro atoms. The largest absolute Gasteiger partial charge is 0.312 e. The summed E-state index contributed by atoms with van der Waals surface area (Å²) in [7, 11) is 0. The van der Waals surface area contributed by atoms with Gasteiger partial charge in [0.25, 0.3) is 0 Å². The second kappa shape index (κ2) is 6.34. The summed E-state index contributed by atoms with van der Waals surface area (Å²) in [5.41, 5.74) is 1.24. The highest BCUT2D eigenvalue weighted by atomic mass is 15.3. The monoisotopic (exact) mass is 250 g/mol. The van der Waals surface area contributed by atoms with Gasteiger partial charge in [-0.25, -0.2) is 0 Å². The van der Waals surface area contributed by atoms with Gasteiger partial charge >= 0.3 is 0 Å². The van der Waals surface area contributed by atoms with Crippen LogP contribution in [0.4, 0.5) is 0 Å². The molecule has 1 aliphatic heterocycles. The molecule has 1 fully saturated rings. The van der Waals surface area contributed by atoms with Gasteiger partial charge in [-0.3, -0.25) is 4.68 Å². The Morgan fingerprint density at radius 1 is 1.39 bits per heavy atom. The first-order chi connectivity index (χ1) is 8.65. The minimum Gasteiger partial charge on any atom is -0.312 e. The predicted molar refractivity (Wildman–Crippen MR) is 74.7 cm³/mol. The third-order valence-corrected chi connectivity index (χ3v) is 3.80. The molecule has 0 unspecified atom stereocenters. The van der Waals surface area contributed by atoms with Crippen LogP contribution in [0.25, 0.3) is 0 Å². The molecule has 1 aromatic heterocycles. The van der Waals surface area contributed by atoms with E-state index in [0.717, 1.165) is 13.1 Å². The molecule has 0 atom stereocenters. The zero-order valence-corrected chi connectivity index (χ0v) is 11.9. The molecule has 2 heterocycles. The van der Waals surface area contributed by atoms with Gasteiger partial charge in [-0.05, 0) is 52.3 Å². The van der Waals surface area contributed by atoms with E-state index in [9.17, 15) is 0 Å². The van der Waals surface area contributed by atoms with Gasteiger partial charge in [0.15, 0.2) is 0 Å². The van der Waals surface area contributed by atoms with Gasteiger partial charge in [0.1, 0.15) is 0 Å². The Balaban J connectivity index is 1.63. The van der Waals surface area contributed by atoms with Crippen LogP contribution in [0, 0.1) is 6.92 Å². The molecular formula is C14H26N4. The SMILES string of the molecule is Cc1cnn(CCNC2CCN(C(C)C)CC2)c1. The van der Waals surface area contributed by atoms with Gasteiger partial charge < -0.3 is 10.2 Å². The molecule has 1 aromatic rings. The fraction of sp³-hybridized carbons (Fsp3) is 0.786. The Hall–Kier alpha value is -0.870. The number of aryl methyl sites for hydroxylation is 1. The summed E-state index contributed by atoms with van der Waals surface area (Å²) in [4.78, 5) is 2.56. The number of hydrogen-bond acceptors (Lipinski definition) is 3. The fourth-order valence-electron chi connectivity index (χ4n) is 2.59. The molecule has 1 saturated heterocycles. The van der Waals surface area contributed by atoms with Gasteiger partial charge in [-0.1, -0.05) is 0 Å². The molecule has 0 saturated carbocycles. The van der Waals surface area contributed by atoms with E-state index in [1.807, 2.05) is 10.9 Å². The summed E-state index contributed by atoms with van der Waals surface area (Å²) in [6.45, 7) is 11.1. The molecule has 0 aliphatic carbocycles. The van der Waals surface area contributed by atoms with Crippen molar-refractivity contribution in [1.29, 1.82) is 0 Å². The van der Waals surface area contributed by atoms with Crippen molar-refractivity contribution in [3.05, 3.63) is 18.0 Å². The number of aromatic nitrogens is 2. The molecule has 1 aliphatic rings. The van der Waals surface area contributed by atoms with Gasteiger partial charge in [0, 0.05) is 24.8 Å². The first-order valence-electron chi connectivity index (χ1n) is 7.11. The fourth-order valence-corrected chi connectivity index (χ4v) is 2.59. The highest BCUT2D eigenvalue weighted by Crippen LogP contribution is 2.12. The van der Waals surface area contributed by atoms with E-state index in [0.29, 0.717) is 12.1 Å². The Bertz CT molecular complexity index is 350. The van der Waals surface area contributed by atoms with Crippen molar-refractivity contribution < 1.29 is 0 Å². The molecule has 2 rings (SSSR count). The van der Waals surface area contributed by atoms with Crippen LogP contribution in [0.5, 0.6) is 0 Å². The number of piperidine rings is 1. The highest BCUT2D eigenvalue weighted by molar-refractivity contribution is 4.99. The number of rotatable bonds is 5. The summed E-state index contributed by atoms with van der Waals surface area (Å²) in [6.07, 6.45) is 6.57. The maximum Gasteiger partial charge on any atom is 0.0534 e. The summed E-state index contributed by atoms with van der Waals surface area (Å²) >= 11 is 0. The van der Waals surface area contributed by atoms with E-state index >= 15 is 0 Å². The Labute approximate surface area is 110 Å². The Morgan fingerprint density at radius 3 is 2.67 bits per heavy atom. The standard InChI is InChI=1S/C14H26N4/c1-12(2)17-7-4-14(5-8-17)15-6-9-18-11-13(3)10-16-18/h10-12,14-15H,4-9H2,1-3H3. The van der Waals surface area contributed by atoms with Crippen molar-refractivity contribution in [1.82, 2.24) is 20.0 Å². The quantitative estimate of drug-likeness (QED) is 0.862. The second-order valence-corrected chi connectivity index (χ2v) is 5.64. The van der Waals surface area contributed by atoms with E-state index in [1.54, 1.807) is 0 Å². The summed E-state index contributed by atoms with van der Waals surface area (Å²) in [5, 5.41) is 7.95. The third kappa shape index (κ3) is 3.82. The average molecular weight is 250 g/mol. The smallest absolute Gasteiger partial charge is 0.0534 e. The van der Waals surface area contributed by atoms with Crippen LogP contribution < -0.4 is 5.32 Å². The molecule has 0 aromatic carbocycles. The second-order valence-electron chi connectivity index (χ2n) is 5.64. The van der Waals surface area contributed by atoms with E-state index in [-0.39, 0.29) is 0 Å². The molecule has 4 nitrogen and oxygen atoms in total. The van der Waals surface area contributed by atoms with Crippen LogP contribution in [-0.4, -0.2) is 46.4 Å². The average Bonchev–Trinajstić information content (AvgIpc) is 2.76. The van der Waals surface area contributed by atoms with Crippen molar-refractivity contribution in [2.75, 3.05) is 19.6 Å². The predicted octanol–water partition coefficient (Wildman–Crippen LogP) is 1.65. The summed E-state index contributed by atoms with van der Waals surface area (Å²) < 4.78 is 2.02. The molecule has 102 valence electrons. The number of nitrogens with zero attached hydrogens (tertiary/aromatic N) is 3. The van der Waals surface area contributed by atoms with Crippen LogP contribution in [0.1, 0.15) is 32.3 Å². The zero-order chi connectivity index (χ0) is 13.0. The number of hydrogen-bond donors (Lipinski definition) is 1. The van der Waals surface area contributed by atoms with Crippen molar-refractivity contribution in [3.63, 3.8) is 0 Å². The lowest BCUT2D eigenvalue weighted by Gasteiger charge is -2.35. The first kappa shape index (κ1) is 13.6.